The molecule has 0 saturated carbocycles. The normalized spacial score (nSPS) is 12.3. The van der Waals surface area contributed by atoms with Crippen LogP contribution < -0.4 is 16.6 Å². The van der Waals surface area contributed by atoms with Gasteiger partial charge in [-0.2, -0.15) is 0 Å². The number of nitrogens with zero attached hydrogens (tertiary/aromatic N) is 4. The zero-order chi connectivity index (χ0) is 19.0. The van der Waals surface area contributed by atoms with Gasteiger partial charge in [-0.25, -0.2) is 9.78 Å². The van der Waals surface area contributed by atoms with Gasteiger partial charge in [-0.05, 0) is 25.3 Å². The van der Waals surface area contributed by atoms with E-state index >= 15 is 0 Å². The van der Waals surface area contributed by atoms with Crippen molar-refractivity contribution < 1.29 is 4.79 Å². The first-order valence-corrected chi connectivity index (χ1v) is 9.15. The van der Waals surface area contributed by atoms with Crippen LogP contribution in [0.4, 0.5) is 5.69 Å². The second kappa shape index (κ2) is 6.83. The number of hydrogen-bond donors (Lipinski definition) is 1. The fourth-order valence-corrected chi connectivity index (χ4v) is 3.32. The van der Waals surface area contributed by atoms with Gasteiger partial charge in [0.25, 0.3) is 5.56 Å². The van der Waals surface area contributed by atoms with Crippen LogP contribution in [0.15, 0.2) is 45.1 Å². The summed E-state index contributed by atoms with van der Waals surface area (Å²) in [6.45, 7) is 1.68. The highest BCUT2D eigenvalue weighted by Gasteiger charge is 2.22. The van der Waals surface area contributed by atoms with Gasteiger partial charge >= 0.3 is 5.69 Å². The largest absolute Gasteiger partial charge is 0.332 e. The molecule has 1 aromatic carbocycles. The number of benzene rings is 1. The predicted molar refractivity (Wildman–Crippen MR) is 102 cm³/mol. The van der Waals surface area contributed by atoms with Crippen molar-refractivity contribution >= 4 is 34.5 Å². The molecule has 2 heterocycles. The Hall–Kier alpha value is -2.81. The number of hydrogen-bond acceptors (Lipinski definition) is 5. The van der Waals surface area contributed by atoms with E-state index in [2.05, 4.69) is 10.3 Å². The number of thioether (sulfide) groups is 1. The van der Waals surface area contributed by atoms with Crippen LogP contribution >= 0.6 is 11.8 Å². The molecular weight excluding hydrogens is 354 g/mol. The van der Waals surface area contributed by atoms with Crippen LogP contribution in [0.1, 0.15) is 13.0 Å². The van der Waals surface area contributed by atoms with Gasteiger partial charge in [-0.1, -0.05) is 12.1 Å². The van der Waals surface area contributed by atoms with Crippen LogP contribution in [0.5, 0.6) is 0 Å². The molecule has 1 unspecified atom stereocenters. The SMILES string of the molecule is CSc1ccccc1NC(=O)C(C)n1cnc2c1c(=O)n(C)c(=O)n2C. The van der Waals surface area contributed by atoms with Crippen molar-refractivity contribution in [2.24, 2.45) is 14.1 Å². The Balaban J connectivity index is 2.03. The monoisotopic (exact) mass is 373 g/mol. The van der Waals surface area contributed by atoms with Crippen LogP contribution in [-0.4, -0.2) is 30.8 Å². The Morgan fingerprint density at radius 2 is 1.88 bits per heavy atom. The highest BCUT2D eigenvalue weighted by atomic mass is 32.2. The number of nitrogens with one attached hydrogen (secondary N) is 1. The fraction of sp³-hybridized carbons (Fsp3) is 0.294. The first-order chi connectivity index (χ1) is 12.4. The first kappa shape index (κ1) is 18.0. The minimum atomic E-state index is -0.680. The number of carbonyl (C=O) groups is 1. The fourth-order valence-electron chi connectivity index (χ4n) is 2.77. The van der Waals surface area contributed by atoms with Gasteiger partial charge in [0, 0.05) is 19.0 Å². The van der Waals surface area contributed by atoms with Crippen LogP contribution in [0, 0.1) is 0 Å². The molecule has 0 spiro atoms. The van der Waals surface area contributed by atoms with E-state index in [1.807, 2.05) is 30.5 Å². The summed E-state index contributed by atoms with van der Waals surface area (Å²) in [6.07, 6.45) is 3.35. The molecule has 0 aliphatic rings. The number of imidazole rings is 1. The molecule has 9 heteroatoms. The van der Waals surface area contributed by atoms with E-state index in [0.29, 0.717) is 5.69 Å². The molecule has 1 amide bonds. The summed E-state index contributed by atoms with van der Waals surface area (Å²) in [5, 5.41) is 2.89. The summed E-state index contributed by atoms with van der Waals surface area (Å²) in [7, 11) is 2.95. The molecule has 3 rings (SSSR count). The molecule has 0 saturated heterocycles. The molecule has 0 radical (unpaired) electrons. The Morgan fingerprint density at radius 1 is 1.19 bits per heavy atom. The average Bonchev–Trinajstić information content (AvgIpc) is 3.09. The number of rotatable bonds is 4. The first-order valence-electron chi connectivity index (χ1n) is 7.93. The molecule has 26 heavy (non-hydrogen) atoms. The number of para-hydroxylation sites is 1. The van der Waals surface area contributed by atoms with Crippen LogP contribution in [0.25, 0.3) is 11.2 Å². The zero-order valence-electron chi connectivity index (χ0n) is 14.9. The Morgan fingerprint density at radius 3 is 2.58 bits per heavy atom. The summed E-state index contributed by atoms with van der Waals surface area (Å²) in [4.78, 5) is 42.4. The number of anilines is 1. The molecule has 0 aliphatic heterocycles. The lowest BCUT2D eigenvalue weighted by Crippen LogP contribution is -2.38. The van der Waals surface area contributed by atoms with Gasteiger partial charge in [0.1, 0.15) is 6.04 Å². The van der Waals surface area contributed by atoms with Crippen LogP contribution in [-0.2, 0) is 18.9 Å². The minimum Gasteiger partial charge on any atom is -0.323 e. The minimum absolute atomic E-state index is 0.218. The Labute approximate surface area is 153 Å². The van der Waals surface area contributed by atoms with E-state index in [4.69, 9.17) is 0 Å². The summed E-state index contributed by atoms with van der Waals surface area (Å²) in [5.41, 5.74) is 0.239. The predicted octanol–water partition coefficient (Wildman–Crippen LogP) is 1.36. The molecule has 1 N–H and O–H groups in total. The van der Waals surface area contributed by atoms with Gasteiger partial charge in [0.15, 0.2) is 11.2 Å². The second-order valence-corrected chi connectivity index (χ2v) is 6.74. The molecule has 8 nitrogen and oxygen atoms in total. The molecule has 2 aromatic heterocycles. The molecule has 0 bridgehead atoms. The third-order valence-corrected chi connectivity index (χ3v) is 5.13. The summed E-state index contributed by atoms with van der Waals surface area (Å²) in [5.74, 6) is -0.276. The van der Waals surface area contributed by atoms with Crippen molar-refractivity contribution in [2.75, 3.05) is 11.6 Å². The molecule has 1 atom stereocenters. The van der Waals surface area contributed by atoms with Crippen molar-refractivity contribution in [1.82, 2.24) is 18.7 Å². The molecule has 3 aromatic rings. The smallest absolute Gasteiger partial charge is 0.323 e. The Kier molecular flexibility index (Phi) is 4.73. The Bertz CT molecular complexity index is 1110. The van der Waals surface area contributed by atoms with Crippen molar-refractivity contribution in [2.45, 2.75) is 17.9 Å². The lowest BCUT2D eigenvalue weighted by Gasteiger charge is -2.16. The van der Waals surface area contributed by atoms with Crippen LogP contribution in [0.3, 0.4) is 0 Å². The van der Waals surface area contributed by atoms with Crippen molar-refractivity contribution in [3.63, 3.8) is 0 Å². The van der Waals surface area contributed by atoms with Crippen molar-refractivity contribution in [3.05, 3.63) is 51.4 Å². The molecular formula is C17H19N5O3S. The number of aryl methyl sites for hydroxylation is 1. The van der Waals surface area contributed by atoms with E-state index < -0.39 is 17.3 Å². The van der Waals surface area contributed by atoms with Gasteiger partial charge in [0.2, 0.25) is 5.91 Å². The highest BCUT2D eigenvalue weighted by molar-refractivity contribution is 7.98. The highest BCUT2D eigenvalue weighted by Crippen LogP contribution is 2.25. The maximum Gasteiger partial charge on any atom is 0.332 e. The van der Waals surface area contributed by atoms with E-state index in [9.17, 15) is 14.4 Å². The van der Waals surface area contributed by atoms with Gasteiger partial charge in [-0.3, -0.25) is 18.7 Å². The second-order valence-electron chi connectivity index (χ2n) is 5.90. The molecule has 136 valence electrons. The van der Waals surface area contributed by atoms with Gasteiger partial charge in [-0.15, -0.1) is 11.8 Å². The number of fused-ring (bicyclic) bond motifs is 1. The maximum absolute atomic E-state index is 12.7. The summed E-state index contributed by atoms with van der Waals surface area (Å²) >= 11 is 1.53. The maximum atomic E-state index is 12.7. The van der Waals surface area contributed by atoms with Crippen molar-refractivity contribution in [3.8, 4) is 0 Å². The summed E-state index contributed by atoms with van der Waals surface area (Å²) < 4.78 is 3.79. The lowest BCUT2D eigenvalue weighted by atomic mass is 10.2. The molecule has 0 fully saturated rings. The van der Waals surface area contributed by atoms with Crippen molar-refractivity contribution in [1.29, 1.82) is 0 Å². The standard InChI is InChI=1S/C17H19N5O3S/c1-10(15(23)19-11-7-5-6-8-12(11)26-4)22-9-18-14-13(22)16(24)21(3)17(25)20(14)2/h5-10H,1-4H3,(H,19,23). The van der Waals surface area contributed by atoms with Gasteiger partial charge in [0.05, 0.1) is 12.0 Å². The van der Waals surface area contributed by atoms with E-state index in [1.54, 1.807) is 14.0 Å². The lowest BCUT2D eigenvalue weighted by molar-refractivity contribution is -0.118. The summed E-state index contributed by atoms with van der Waals surface area (Å²) in [6, 6.07) is 6.81. The quantitative estimate of drug-likeness (QED) is 0.697. The third kappa shape index (κ3) is 2.84. The number of aromatic nitrogens is 4. The topological polar surface area (TPSA) is 90.9 Å². The molecule has 0 aliphatic carbocycles. The van der Waals surface area contributed by atoms with E-state index in [1.165, 1.54) is 34.3 Å². The van der Waals surface area contributed by atoms with E-state index in [-0.39, 0.29) is 17.1 Å². The third-order valence-electron chi connectivity index (χ3n) is 4.33. The van der Waals surface area contributed by atoms with Crippen LogP contribution in [0.2, 0.25) is 0 Å². The van der Waals surface area contributed by atoms with Gasteiger partial charge < -0.3 is 9.88 Å². The number of amides is 1. The average molecular weight is 373 g/mol. The zero-order valence-corrected chi connectivity index (χ0v) is 15.7. The van der Waals surface area contributed by atoms with E-state index in [0.717, 1.165) is 9.46 Å². The number of carbonyl (C=O) groups excluding carboxylic acids is 1.